The summed E-state index contributed by atoms with van der Waals surface area (Å²) in [5, 5.41) is -0.198. The molecule has 4 nitrogen and oxygen atoms in total. The average molecular weight is 234 g/mol. The van der Waals surface area contributed by atoms with Gasteiger partial charge in [0.05, 0.1) is 30.9 Å². The molecule has 1 aliphatic rings. The van der Waals surface area contributed by atoms with Crippen LogP contribution in [0.5, 0.6) is 0 Å². The van der Waals surface area contributed by atoms with E-state index in [-0.39, 0.29) is 23.6 Å². The molecule has 1 rings (SSSR count). The Morgan fingerprint density at radius 2 is 2.20 bits per heavy atom. The molecular formula is C10H18O4S. The molecule has 0 N–H and O–H groups in total. The van der Waals surface area contributed by atoms with Gasteiger partial charge in [-0.15, -0.1) is 0 Å². The second-order valence-corrected chi connectivity index (χ2v) is 5.71. The summed E-state index contributed by atoms with van der Waals surface area (Å²) in [6.07, 6.45) is 2.64. The molecule has 0 amide bonds. The molecule has 88 valence electrons. The number of rotatable bonds is 7. The first-order valence-corrected chi connectivity index (χ1v) is 6.53. The molecule has 0 saturated heterocycles. The van der Waals surface area contributed by atoms with Crippen molar-refractivity contribution >= 4 is 16.8 Å². The van der Waals surface area contributed by atoms with E-state index < -0.39 is 10.8 Å². The SMILES string of the molecule is COC(=O)CC(C)S(=O)COCC1CC1. The van der Waals surface area contributed by atoms with Crippen LogP contribution in [0, 0.1) is 5.92 Å². The zero-order chi connectivity index (χ0) is 11.3. The van der Waals surface area contributed by atoms with Crippen LogP contribution in [-0.4, -0.2) is 35.1 Å². The van der Waals surface area contributed by atoms with Gasteiger partial charge >= 0.3 is 5.97 Å². The van der Waals surface area contributed by atoms with Crippen LogP contribution in [0.2, 0.25) is 0 Å². The van der Waals surface area contributed by atoms with Crippen molar-refractivity contribution in [1.82, 2.24) is 0 Å². The van der Waals surface area contributed by atoms with Crippen LogP contribution < -0.4 is 0 Å². The fraction of sp³-hybridized carbons (Fsp3) is 0.900. The van der Waals surface area contributed by atoms with E-state index >= 15 is 0 Å². The van der Waals surface area contributed by atoms with Gasteiger partial charge in [-0.1, -0.05) is 6.92 Å². The molecule has 2 unspecified atom stereocenters. The maximum absolute atomic E-state index is 11.6. The third-order valence-corrected chi connectivity index (χ3v) is 3.84. The number of hydrogen-bond acceptors (Lipinski definition) is 4. The van der Waals surface area contributed by atoms with Crippen molar-refractivity contribution in [3.8, 4) is 0 Å². The van der Waals surface area contributed by atoms with Gasteiger partial charge in [-0.3, -0.25) is 9.00 Å². The Morgan fingerprint density at radius 1 is 1.53 bits per heavy atom. The summed E-state index contributed by atoms with van der Waals surface area (Å²) in [4.78, 5) is 10.9. The van der Waals surface area contributed by atoms with E-state index in [9.17, 15) is 9.00 Å². The molecule has 0 aromatic carbocycles. The second-order valence-electron chi connectivity index (χ2n) is 3.90. The molecule has 0 aromatic heterocycles. The third kappa shape index (κ3) is 5.28. The van der Waals surface area contributed by atoms with Crippen molar-refractivity contribution < 1.29 is 18.5 Å². The molecule has 2 atom stereocenters. The lowest BCUT2D eigenvalue weighted by atomic mass is 10.3. The lowest BCUT2D eigenvalue weighted by Gasteiger charge is -2.10. The summed E-state index contributed by atoms with van der Waals surface area (Å²) in [7, 11) is 0.236. The van der Waals surface area contributed by atoms with E-state index in [1.165, 1.54) is 20.0 Å². The smallest absolute Gasteiger partial charge is 0.306 e. The Bertz CT molecular complexity index is 238. The number of ether oxygens (including phenoxy) is 2. The highest BCUT2D eigenvalue weighted by atomic mass is 32.2. The van der Waals surface area contributed by atoms with Crippen LogP contribution in [-0.2, 0) is 25.1 Å². The largest absolute Gasteiger partial charge is 0.469 e. The first-order chi connectivity index (χ1) is 7.13. The summed E-state index contributed by atoms with van der Waals surface area (Å²) < 4.78 is 21.4. The number of hydrogen-bond donors (Lipinski definition) is 0. The highest BCUT2D eigenvalue weighted by Gasteiger charge is 2.22. The quantitative estimate of drug-likeness (QED) is 0.618. The Balaban J connectivity index is 2.10. The summed E-state index contributed by atoms with van der Waals surface area (Å²) in [5.41, 5.74) is 0. The van der Waals surface area contributed by atoms with Gasteiger partial charge in [0, 0.05) is 5.25 Å². The molecule has 0 aliphatic heterocycles. The lowest BCUT2D eigenvalue weighted by molar-refractivity contribution is -0.140. The second kappa shape index (κ2) is 6.23. The highest BCUT2D eigenvalue weighted by Crippen LogP contribution is 2.28. The molecule has 1 saturated carbocycles. The molecular weight excluding hydrogens is 216 g/mol. The standard InChI is InChI=1S/C10H18O4S/c1-8(5-10(11)13-2)15(12)7-14-6-9-3-4-9/h8-9H,3-7H2,1-2H3. The van der Waals surface area contributed by atoms with E-state index in [2.05, 4.69) is 4.74 Å². The highest BCUT2D eigenvalue weighted by molar-refractivity contribution is 7.85. The van der Waals surface area contributed by atoms with Crippen molar-refractivity contribution in [1.29, 1.82) is 0 Å². The van der Waals surface area contributed by atoms with Gasteiger partial charge in [-0.25, -0.2) is 0 Å². The molecule has 5 heteroatoms. The maximum Gasteiger partial charge on any atom is 0.306 e. The number of carbonyl (C=O) groups is 1. The summed E-state index contributed by atoms with van der Waals surface area (Å²) in [6.45, 7) is 2.48. The summed E-state index contributed by atoms with van der Waals surface area (Å²) in [5.74, 6) is 0.588. The van der Waals surface area contributed by atoms with Crippen molar-refractivity contribution in [2.45, 2.75) is 31.4 Å². The molecule has 15 heavy (non-hydrogen) atoms. The van der Waals surface area contributed by atoms with Gasteiger partial charge in [0.1, 0.15) is 5.94 Å². The van der Waals surface area contributed by atoms with E-state index in [0.29, 0.717) is 12.5 Å². The fourth-order valence-corrected chi connectivity index (χ4v) is 1.92. The van der Waals surface area contributed by atoms with Gasteiger partial charge in [0.2, 0.25) is 0 Å². The first kappa shape index (κ1) is 12.6. The third-order valence-electron chi connectivity index (χ3n) is 2.38. The van der Waals surface area contributed by atoms with Crippen molar-refractivity contribution in [3.63, 3.8) is 0 Å². The zero-order valence-electron chi connectivity index (χ0n) is 9.23. The molecule has 0 aromatic rings. The zero-order valence-corrected chi connectivity index (χ0v) is 10.0. The van der Waals surface area contributed by atoms with E-state index in [4.69, 9.17) is 4.74 Å². The molecule has 0 bridgehead atoms. The minimum atomic E-state index is -1.10. The number of carbonyl (C=O) groups excluding carboxylic acids is 1. The topological polar surface area (TPSA) is 52.6 Å². The van der Waals surface area contributed by atoms with Gasteiger partial charge in [-0.05, 0) is 18.8 Å². The predicted octanol–water partition coefficient (Wildman–Crippen LogP) is 1.07. The van der Waals surface area contributed by atoms with Crippen LogP contribution in [0.3, 0.4) is 0 Å². The minimum Gasteiger partial charge on any atom is -0.469 e. The summed E-state index contributed by atoms with van der Waals surface area (Å²) in [6, 6.07) is 0. The first-order valence-electron chi connectivity index (χ1n) is 5.15. The Hall–Kier alpha value is -0.420. The molecule has 1 fully saturated rings. The normalized spacial score (nSPS) is 19.6. The Morgan fingerprint density at radius 3 is 2.73 bits per heavy atom. The average Bonchev–Trinajstić information content (AvgIpc) is 3.01. The Labute approximate surface area is 92.8 Å². The monoisotopic (exact) mass is 234 g/mol. The van der Waals surface area contributed by atoms with Gasteiger partial charge in [-0.2, -0.15) is 0 Å². The van der Waals surface area contributed by atoms with E-state index in [1.807, 2.05) is 0 Å². The summed E-state index contributed by atoms with van der Waals surface area (Å²) >= 11 is 0. The van der Waals surface area contributed by atoms with Crippen LogP contribution in [0.25, 0.3) is 0 Å². The minimum absolute atomic E-state index is 0.190. The van der Waals surface area contributed by atoms with Gasteiger partial charge in [0.25, 0.3) is 0 Å². The van der Waals surface area contributed by atoms with Gasteiger partial charge < -0.3 is 9.47 Å². The molecule has 0 radical (unpaired) electrons. The van der Waals surface area contributed by atoms with Crippen LogP contribution in [0.4, 0.5) is 0 Å². The molecule has 0 spiro atoms. The van der Waals surface area contributed by atoms with Crippen LogP contribution >= 0.6 is 0 Å². The van der Waals surface area contributed by atoms with Gasteiger partial charge in [0.15, 0.2) is 0 Å². The van der Waals surface area contributed by atoms with Crippen molar-refractivity contribution in [2.75, 3.05) is 19.7 Å². The van der Waals surface area contributed by atoms with Crippen LogP contribution in [0.15, 0.2) is 0 Å². The number of methoxy groups -OCH3 is 1. The fourth-order valence-electron chi connectivity index (χ4n) is 1.11. The molecule has 1 aliphatic carbocycles. The van der Waals surface area contributed by atoms with Crippen molar-refractivity contribution in [2.24, 2.45) is 5.92 Å². The Kier molecular flexibility index (Phi) is 5.25. The van der Waals surface area contributed by atoms with Crippen LogP contribution in [0.1, 0.15) is 26.2 Å². The predicted molar refractivity (Wildman–Crippen MR) is 57.8 cm³/mol. The maximum atomic E-state index is 11.6. The molecule has 0 heterocycles. The van der Waals surface area contributed by atoms with E-state index in [1.54, 1.807) is 6.92 Å². The lowest BCUT2D eigenvalue weighted by Crippen LogP contribution is -2.20. The number of esters is 1. The van der Waals surface area contributed by atoms with E-state index in [0.717, 1.165) is 0 Å². The van der Waals surface area contributed by atoms with Crippen molar-refractivity contribution in [3.05, 3.63) is 0 Å².